The maximum atomic E-state index is 13.2. The molecule has 1 aliphatic rings. The molecule has 0 unspecified atom stereocenters. The van der Waals surface area contributed by atoms with Crippen molar-refractivity contribution in [3.05, 3.63) is 28.5 Å². The second-order valence-electron chi connectivity index (χ2n) is 5.15. The second-order valence-corrected chi connectivity index (χ2v) is 6.07. The third kappa shape index (κ3) is 5.12. The maximum absolute atomic E-state index is 13.2. The van der Waals surface area contributed by atoms with Crippen LogP contribution in [0.2, 0.25) is 0 Å². The van der Waals surface area contributed by atoms with E-state index in [9.17, 15) is 9.18 Å². The average Bonchev–Trinajstić information content (AvgIpc) is 2.64. The van der Waals surface area contributed by atoms with Crippen LogP contribution in [0.25, 0.3) is 0 Å². The van der Waals surface area contributed by atoms with Gasteiger partial charge in [0.15, 0.2) is 6.61 Å². The van der Waals surface area contributed by atoms with Gasteiger partial charge in [0.1, 0.15) is 11.6 Å². The van der Waals surface area contributed by atoms with Gasteiger partial charge in [-0.2, -0.15) is 0 Å². The molecule has 0 aliphatic heterocycles. The van der Waals surface area contributed by atoms with Crippen molar-refractivity contribution in [2.45, 2.75) is 44.6 Å². The highest BCUT2D eigenvalue weighted by Gasteiger charge is 2.15. The van der Waals surface area contributed by atoms with Crippen LogP contribution in [0.1, 0.15) is 38.5 Å². The molecule has 0 atom stereocenters. The van der Waals surface area contributed by atoms with Gasteiger partial charge < -0.3 is 10.1 Å². The Balaban J connectivity index is 1.79. The van der Waals surface area contributed by atoms with Crippen LogP contribution in [0.4, 0.5) is 4.39 Å². The monoisotopic (exact) mass is 343 g/mol. The minimum atomic E-state index is -0.390. The number of halogens is 2. The molecule has 1 saturated carbocycles. The van der Waals surface area contributed by atoms with Gasteiger partial charge >= 0.3 is 0 Å². The van der Waals surface area contributed by atoms with Crippen molar-refractivity contribution >= 4 is 21.8 Å². The van der Waals surface area contributed by atoms with Gasteiger partial charge in [0, 0.05) is 16.6 Å². The fourth-order valence-electron chi connectivity index (χ4n) is 2.45. The molecule has 1 aromatic carbocycles. The zero-order valence-corrected chi connectivity index (χ0v) is 12.9. The van der Waals surface area contributed by atoms with Crippen LogP contribution < -0.4 is 10.1 Å². The minimum Gasteiger partial charge on any atom is -0.484 e. The predicted molar refractivity (Wildman–Crippen MR) is 79.2 cm³/mol. The molecule has 20 heavy (non-hydrogen) atoms. The number of hydrogen-bond donors (Lipinski definition) is 1. The lowest BCUT2D eigenvalue weighted by Crippen LogP contribution is -2.37. The van der Waals surface area contributed by atoms with Gasteiger partial charge in [-0.05, 0) is 25.0 Å². The molecular formula is C15H19BrFNO2. The number of carbonyl (C=O) groups excluding carboxylic acids is 1. The number of nitrogens with one attached hydrogen (secondary N) is 1. The molecule has 0 aromatic heterocycles. The number of amides is 1. The van der Waals surface area contributed by atoms with Crippen molar-refractivity contribution < 1.29 is 13.9 Å². The van der Waals surface area contributed by atoms with Crippen molar-refractivity contribution in [1.82, 2.24) is 5.32 Å². The fourth-order valence-corrected chi connectivity index (χ4v) is 2.90. The van der Waals surface area contributed by atoms with Gasteiger partial charge in [-0.15, -0.1) is 0 Å². The van der Waals surface area contributed by atoms with Gasteiger partial charge in [0.2, 0.25) is 0 Å². The Hall–Kier alpha value is -1.10. The van der Waals surface area contributed by atoms with Crippen molar-refractivity contribution in [3.8, 4) is 5.75 Å². The molecule has 2 rings (SSSR count). The van der Waals surface area contributed by atoms with E-state index in [0.717, 1.165) is 12.8 Å². The molecule has 0 bridgehead atoms. The van der Waals surface area contributed by atoms with Crippen LogP contribution in [0, 0.1) is 5.82 Å². The van der Waals surface area contributed by atoms with Gasteiger partial charge in [-0.3, -0.25) is 4.79 Å². The third-order valence-electron chi connectivity index (χ3n) is 3.43. The van der Waals surface area contributed by atoms with Crippen LogP contribution in [-0.2, 0) is 4.79 Å². The molecular weight excluding hydrogens is 325 g/mol. The van der Waals surface area contributed by atoms with E-state index in [0.29, 0.717) is 10.2 Å². The number of carbonyl (C=O) groups is 1. The highest BCUT2D eigenvalue weighted by Crippen LogP contribution is 2.20. The van der Waals surface area contributed by atoms with E-state index < -0.39 is 5.82 Å². The van der Waals surface area contributed by atoms with Crippen molar-refractivity contribution in [2.24, 2.45) is 0 Å². The van der Waals surface area contributed by atoms with Crippen molar-refractivity contribution in [1.29, 1.82) is 0 Å². The van der Waals surface area contributed by atoms with Gasteiger partial charge in [-0.25, -0.2) is 4.39 Å². The largest absolute Gasteiger partial charge is 0.484 e. The van der Waals surface area contributed by atoms with Crippen molar-refractivity contribution in [3.63, 3.8) is 0 Å². The normalized spacial score (nSPS) is 16.5. The zero-order chi connectivity index (χ0) is 14.4. The van der Waals surface area contributed by atoms with E-state index in [1.54, 1.807) is 6.07 Å². The smallest absolute Gasteiger partial charge is 0.258 e. The van der Waals surface area contributed by atoms with E-state index >= 15 is 0 Å². The summed E-state index contributed by atoms with van der Waals surface area (Å²) in [4.78, 5) is 11.8. The molecule has 1 aromatic rings. The minimum absolute atomic E-state index is 0.0770. The summed E-state index contributed by atoms with van der Waals surface area (Å²) in [5.41, 5.74) is 0. The third-order valence-corrected chi connectivity index (χ3v) is 3.88. The summed E-state index contributed by atoms with van der Waals surface area (Å²) < 4.78 is 19.1. The Kier molecular flexibility index (Phi) is 5.83. The molecule has 0 saturated heterocycles. The Morgan fingerprint density at radius 3 is 2.60 bits per heavy atom. The summed E-state index contributed by atoms with van der Waals surface area (Å²) in [6, 6.07) is 4.51. The van der Waals surface area contributed by atoms with Crippen LogP contribution in [-0.4, -0.2) is 18.6 Å². The lowest BCUT2D eigenvalue weighted by Gasteiger charge is -2.16. The molecule has 0 heterocycles. The summed E-state index contributed by atoms with van der Waals surface area (Å²) in [7, 11) is 0. The first-order chi connectivity index (χ1) is 9.63. The fraction of sp³-hybridized carbons (Fsp3) is 0.533. The van der Waals surface area contributed by atoms with Gasteiger partial charge in [-0.1, -0.05) is 41.6 Å². The van der Waals surface area contributed by atoms with Gasteiger partial charge in [0.25, 0.3) is 5.91 Å². The maximum Gasteiger partial charge on any atom is 0.258 e. The lowest BCUT2D eigenvalue weighted by atomic mass is 10.1. The van der Waals surface area contributed by atoms with Crippen LogP contribution in [0.15, 0.2) is 22.7 Å². The first kappa shape index (κ1) is 15.3. The van der Waals surface area contributed by atoms with E-state index in [1.165, 1.54) is 37.8 Å². The van der Waals surface area contributed by atoms with Crippen LogP contribution in [0.5, 0.6) is 5.75 Å². The number of ether oxygens (including phenoxy) is 1. The molecule has 0 spiro atoms. The number of rotatable bonds is 4. The summed E-state index contributed by atoms with van der Waals surface area (Å²) in [6.45, 7) is -0.0770. The van der Waals surface area contributed by atoms with Crippen LogP contribution in [0.3, 0.4) is 0 Å². The number of hydrogen-bond acceptors (Lipinski definition) is 2. The molecule has 110 valence electrons. The summed E-state index contributed by atoms with van der Waals surface area (Å²) >= 11 is 3.19. The number of benzene rings is 1. The zero-order valence-electron chi connectivity index (χ0n) is 11.3. The summed E-state index contributed by atoms with van der Waals surface area (Å²) in [6.07, 6.45) is 6.92. The molecule has 3 nitrogen and oxygen atoms in total. The highest BCUT2D eigenvalue weighted by atomic mass is 79.9. The Morgan fingerprint density at radius 2 is 1.95 bits per heavy atom. The molecule has 1 N–H and O–H groups in total. The average molecular weight is 344 g/mol. The van der Waals surface area contributed by atoms with E-state index in [1.807, 2.05) is 0 Å². The highest BCUT2D eigenvalue weighted by molar-refractivity contribution is 9.10. The van der Waals surface area contributed by atoms with Gasteiger partial charge in [0.05, 0.1) is 0 Å². The van der Waals surface area contributed by atoms with Crippen LogP contribution >= 0.6 is 15.9 Å². The first-order valence-electron chi connectivity index (χ1n) is 7.02. The molecule has 1 fully saturated rings. The molecule has 5 heteroatoms. The van der Waals surface area contributed by atoms with Crippen molar-refractivity contribution in [2.75, 3.05) is 6.61 Å². The van der Waals surface area contributed by atoms with E-state index in [4.69, 9.17) is 4.74 Å². The Bertz CT molecular complexity index is 439. The topological polar surface area (TPSA) is 38.3 Å². The molecule has 0 radical (unpaired) electrons. The second kappa shape index (κ2) is 7.62. The Morgan fingerprint density at radius 1 is 1.25 bits per heavy atom. The lowest BCUT2D eigenvalue weighted by molar-refractivity contribution is -0.123. The SMILES string of the molecule is O=C(COc1cc(F)cc(Br)c1)NC1CCCCCC1. The Labute approximate surface area is 127 Å². The van der Waals surface area contributed by atoms with E-state index in [-0.39, 0.29) is 18.6 Å². The quantitative estimate of drug-likeness (QED) is 0.844. The predicted octanol–water partition coefficient (Wildman–Crippen LogP) is 3.81. The standard InChI is InChI=1S/C15H19BrFNO2/c16-11-7-12(17)9-14(8-11)20-10-15(19)18-13-5-3-1-2-4-6-13/h7-9,13H,1-6,10H2,(H,18,19). The molecule has 1 amide bonds. The first-order valence-corrected chi connectivity index (χ1v) is 7.81. The molecule has 1 aliphatic carbocycles. The summed E-state index contributed by atoms with van der Waals surface area (Å²) in [5, 5.41) is 2.99. The van der Waals surface area contributed by atoms with E-state index in [2.05, 4.69) is 21.2 Å². The summed E-state index contributed by atoms with van der Waals surface area (Å²) in [5.74, 6) is -0.177.